The summed E-state index contributed by atoms with van der Waals surface area (Å²) in [6, 6.07) is 11.3. The van der Waals surface area contributed by atoms with Gasteiger partial charge in [-0.05, 0) is 18.4 Å². The zero-order chi connectivity index (χ0) is 15.2. The first-order valence-corrected chi connectivity index (χ1v) is 6.69. The molecule has 0 spiro atoms. The highest BCUT2D eigenvalue weighted by atomic mass is 16.5. The molecule has 1 aromatic rings. The molecule has 2 atom stereocenters. The van der Waals surface area contributed by atoms with Crippen molar-refractivity contribution in [3.8, 4) is 6.07 Å². The van der Waals surface area contributed by atoms with E-state index in [9.17, 15) is 9.59 Å². The predicted octanol–water partition coefficient (Wildman–Crippen LogP) is 1.17. The van der Waals surface area contributed by atoms with Gasteiger partial charge >= 0.3 is 5.97 Å². The molecule has 0 aliphatic carbocycles. The molecule has 1 aliphatic rings. The summed E-state index contributed by atoms with van der Waals surface area (Å²) in [5, 5.41) is 17.8. The second kappa shape index (κ2) is 6.86. The van der Waals surface area contributed by atoms with Crippen LogP contribution in [0.25, 0.3) is 0 Å². The molecule has 0 aromatic heterocycles. The molecular formula is C15H16N2O4. The Morgan fingerprint density at radius 3 is 2.52 bits per heavy atom. The number of ether oxygens (including phenoxy) is 1. The molecule has 0 saturated carbocycles. The molecular weight excluding hydrogens is 272 g/mol. The number of nitrogens with zero attached hydrogens (tertiary/aromatic N) is 2. The quantitative estimate of drug-likeness (QED) is 0.821. The van der Waals surface area contributed by atoms with Crippen LogP contribution in [0.1, 0.15) is 18.4 Å². The summed E-state index contributed by atoms with van der Waals surface area (Å²) < 4.78 is 5.25. The molecule has 21 heavy (non-hydrogen) atoms. The van der Waals surface area contributed by atoms with E-state index >= 15 is 0 Å². The van der Waals surface area contributed by atoms with Crippen LogP contribution >= 0.6 is 0 Å². The van der Waals surface area contributed by atoms with Gasteiger partial charge in [0.05, 0.1) is 6.07 Å². The lowest BCUT2D eigenvalue weighted by Crippen LogP contribution is -2.39. The number of carboxylic acids is 1. The summed E-state index contributed by atoms with van der Waals surface area (Å²) in [5.41, 5.74) is 0.911. The van der Waals surface area contributed by atoms with E-state index in [0.29, 0.717) is 19.4 Å². The molecule has 1 saturated heterocycles. The van der Waals surface area contributed by atoms with Crippen LogP contribution in [0.2, 0.25) is 0 Å². The van der Waals surface area contributed by atoms with Gasteiger partial charge in [-0.25, -0.2) is 4.79 Å². The van der Waals surface area contributed by atoms with E-state index in [4.69, 9.17) is 15.1 Å². The molecule has 1 amide bonds. The number of nitriles is 1. The maximum atomic E-state index is 12.4. The van der Waals surface area contributed by atoms with Crippen molar-refractivity contribution in [1.29, 1.82) is 5.26 Å². The van der Waals surface area contributed by atoms with Gasteiger partial charge in [0.15, 0.2) is 6.10 Å². The van der Waals surface area contributed by atoms with E-state index in [-0.39, 0.29) is 12.5 Å². The average molecular weight is 288 g/mol. The van der Waals surface area contributed by atoms with Gasteiger partial charge in [-0.15, -0.1) is 0 Å². The van der Waals surface area contributed by atoms with Gasteiger partial charge in [0, 0.05) is 6.54 Å². The van der Waals surface area contributed by atoms with Crippen molar-refractivity contribution in [2.45, 2.75) is 31.6 Å². The highest BCUT2D eigenvalue weighted by molar-refractivity contribution is 5.83. The molecule has 1 aromatic carbocycles. The summed E-state index contributed by atoms with van der Waals surface area (Å²) in [6.07, 6.45) is -1.02. The second-order valence-corrected chi connectivity index (χ2v) is 4.87. The smallest absolute Gasteiger partial charge is 0.332 e. The second-order valence-electron chi connectivity index (χ2n) is 4.87. The topological polar surface area (TPSA) is 90.6 Å². The first kappa shape index (κ1) is 15.0. The largest absolute Gasteiger partial charge is 0.479 e. The van der Waals surface area contributed by atoms with Crippen molar-refractivity contribution in [1.82, 2.24) is 4.90 Å². The summed E-state index contributed by atoms with van der Waals surface area (Å²) in [6.45, 7) is 0.260. The van der Waals surface area contributed by atoms with E-state index in [1.807, 2.05) is 36.4 Å². The fourth-order valence-corrected chi connectivity index (χ4v) is 2.31. The van der Waals surface area contributed by atoms with Crippen LogP contribution in [0.5, 0.6) is 0 Å². The van der Waals surface area contributed by atoms with E-state index in [2.05, 4.69) is 0 Å². The number of carbonyl (C=O) groups is 2. The first-order valence-electron chi connectivity index (χ1n) is 6.69. The van der Waals surface area contributed by atoms with Gasteiger partial charge < -0.3 is 14.7 Å². The van der Waals surface area contributed by atoms with Gasteiger partial charge in [0.2, 0.25) is 0 Å². The zero-order valence-electron chi connectivity index (χ0n) is 11.4. The Bertz CT molecular complexity index is 553. The van der Waals surface area contributed by atoms with Crippen molar-refractivity contribution in [2.75, 3.05) is 6.54 Å². The Balaban J connectivity index is 2.03. The van der Waals surface area contributed by atoms with Crippen LogP contribution in [-0.4, -0.2) is 40.6 Å². The lowest BCUT2D eigenvalue weighted by atomic mass is 10.1. The van der Waals surface area contributed by atoms with Crippen molar-refractivity contribution in [3.63, 3.8) is 0 Å². The summed E-state index contributed by atoms with van der Waals surface area (Å²) in [7, 11) is 0. The maximum absolute atomic E-state index is 12.4. The minimum Gasteiger partial charge on any atom is -0.479 e. The molecule has 6 nitrogen and oxygen atoms in total. The fourth-order valence-electron chi connectivity index (χ4n) is 2.31. The molecule has 0 bridgehead atoms. The lowest BCUT2D eigenvalue weighted by Gasteiger charge is -2.23. The maximum Gasteiger partial charge on any atom is 0.332 e. The number of aliphatic carboxylic acids is 1. The molecule has 110 valence electrons. The third-order valence-electron chi connectivity index (χ3n) is 3.36. The Morgan fingerprint density at radius 1 is 1.29 bits per heavy atom. The number of carboxylic acid groups (broad SMARTS) is 1. The first-order chi connectivity index (χ1) is 10.1. The van der Waals surface area contributed by atoms with Crippen molar-refractivity contribution in [3.05, 3.63) is 35.9 Å². The van der Waals surface area contributed by atoms with E-state index in [0.717, 1.165) is 5.56 Å². The van der Waals surface area contributed by atoms with Crippen LogP contribution in [0.15, 0.2) is 30.3 Å². The van der Waals surface area contributed by atoms with E-state index < -0.39 is 18.2 Å². The highest BCUT2D eigenvalue weighted by Gasteiger charge is 2.36. The van der Waals surface area contributed by atoms with Crippen LogP contribution in [0, 0.1) is 11.3 Å². The number of benzene rings is 1. The molecule has 0 radical (unpaired) electrons. The molecule has 1 N–H and O–H groups in total. The third-order valence-corrected chi connectivity index (χ3v) is 3.36. The number of carbonyl (C=O) groups excluding carboxylic acids is 1. The minimum absolute atomic E-state index is 0.0503. The Labute approximate surface area is 122 Å². The average Bonchev–Trinajstić information content (AvgIpc) is 2.97. The normalized spacial score (nSPS) is 20.7. The SMILES string of the molecule is N#CCN(Cc1ccccc1)C(=O)C1CCC(C(=O)O)O1. The number of hydrogen-bond acceptors (Lipinski definition) is 4. The zero-order valence-corrected chi connectivity index (χ0v) is 11.4. The van der Waals surface area contributed by atoms with Gasteiger partial charge in [-0.1, -0.05) is 30.3 Å². The van der Waals surface area contributed by atoms with Gasteiger partial charge in [0.1, 0.15) is 12.6 Å². The summed E-state index contributed by atoms with van der Waals surface area (Å²) in [5.74, 6) is -1.38. The van der Waals surface area contributed by atoms with Crippen LogP contribution in [0.4, 0.5) is 0 Å². The molecule has 6 heteroatoms. The van der Waals surface area contributed by atoms with Gasteiger partial charge in [0.25, 0.3) is 5.91 Å². The number of amides is 1. The number of hydrogen-bond donors (Lipinski definition) is 1. The van der Waals surface area contributed by atoms with Crippen LogP contribution < -0.4 is 0 Å². The number of rotatable bonds is 5. The highest BCUT2D eigenvalue weighted by Crippen LogP contribution is 2.22. The van der Waals surface area contributed by atoms with E-state index in [1.165, 1.54) is 4.90 Å². The summed E-state index contributed by atoms with van der Waals surface area (Å²) >= 11 is 0. The predicted molar refractivity (Wildman–Crippen MR) is 73.0 cm³/mol. The monoisotopic (exact) mass is 288 g/mol. The van der Waals surface area contributed by atoms with Gasteiger partial charge in [-0.3, -0.25) is 4.79 Å². The standard InChI is InChI=1S/C15H16N2O4/c16-8-9-17(10-11-4-2-1-3-5-11)14(18)12-6-7-13(21-12)15(19)20/h1-5,12-13H,6-7,9-10H2,(H,19,20). The third kappa shape index (κ3) is 3.80. The molecule has 1 fully saturated rings. The molecule has 1 aliphatic heterocycles. The summed E-state index contributed by atoms with van der Waals surface area (Å²) in [4.78, 5) is 24.6. The minimum atomic E-state index is -1.06. The molecule has 1 heterocycles. The van der Waals surface area contributed by atoms with Crippen LogP contribution in [0.3, 0.4) is 0 Å². The van der Waals surface area contributed by atoms with E-state index in [1.54, 1.807) is 0 Å². The fraction of sp³-hybridized carbons (Fsp3) is 0.400. The molecule has 2 rings (SSSR count). The Morgan fingerprint density at radius 2 is 1.95 bits per heavy atom. The lowest BCUT2D eigenvalue weighted by molar-refractivity contribution is -0.154. The molecule has 2 unspecified atom stereocenters. The Hall–Kier alpha value is -2.39. The van der Waals surface area contributed by atoms with Crippen molar-refractivity contribution < 1.29 is 19.4 Å². The van der Waals surface area contributed by atoms with Gasteiger partial charge in [-0.2, -0.15) is 5.26 Å². The Kier molecular flexibility index (Phi) is 4.90. The van der Waals surface area contributed by atoms with Crippen LogP contribution in [-0.2, 0) is 20.9 Å². The van der Waals surface area contributed by atoms with Crippen molar-refractivity contribution >= 4 is 11.9 Å². The van der Waals surface area contributed by atoms with Crippen molar-refractivity contribution in [2.24, 2.45) is 0 Å².